The highest BCUT2D eigenvalue weighted by atomic mass is 35.5. The molecule has 0 saturated carbocycles. The van der Waals surface area contributed by atoms with Gasteiger partial charge in [0.1, 0.15) is 11.4 Å². The van der Waals surface area contributed by atoms with Crippen molar-refractivity contribution in [1.29, 1.82) is 0 Å². The van der Waals surface area contributed by atoms with E-state index in [1.807, 2.05) is 24.3 Å². The molecule has 1 amide bonds. The molecular formula is C21H20ClN3O4S. The van der Waals surface area contributed by atoms with E-state index in [0.717, 1.165) is 5.56 Å². The number of likely N-dealkylation sites (tertiary alicyclic amines) is 1. The number of sulfone groups is 1. The first-order chi connectivity index (χ1) is 14.4. The summed E-state index contributed by atoms with van der Waals surface area (Å²) in [4.78, 5) is 14.7. The topological polar surface area (TPSA) is 92.4 Å². The Labute approximate surface area is 179 Å². The van der Waals surface area contributed by atoms with E-state index in [2.05, 4.69) is 10.2 Å². The Bertz CT molecular complexity index is 1170. The monoisotopic (exact) mass is 445 g/mol. The van der Waals surface area contributed by atoms with Crippen molar-refractivity contribution in [3.05, 3.63) is 65.3 Å². The molecule has 3 aromatic rings. The van der Waals surface area contributed by atoms with E-state index in [1.165, 1.54) is 17.0 Å². The van der Waals surface area contributed by atoms with Gasteiger partial charge in [-0.2, -0.15) is 5.10 Å². The Balaban J connectivity index is 1.51. The number of para-hydroxylation sites is 1. The molecule has 4 rings (SSSR count). The number of amides is 1. The maximum atomic E-state index is 12.9. The molecule has 1 fully saturated rings. The molecule has 7 nitrogen and oxygen atoms in total. The van der Waals surface area contributed by atoms with Gasteiger partial charge in [0.25, 0.3) is 5.91 Å². The zero-order chi connectivity index (χ0) is 21.3. The number of nitrogens with zero attached hydrogens (tertiary/aromatic N) is 2. The van der Waals surface area contributed by atoms with E-state index in [0.29, 0.717) is 35.1 Å². The normalized spacial score (nSPS) is 16.6. The van der Waals surface area contributed by atoms with Gasteiger partial charge in [0.15, 0.2) is 9.84 Å². The number of rotatable bonds is 5. The van der Waals surface area contributed by atoms with Crippen LogP contribution >= 0.6 is 11.6 Å². The van der Waals surface area contributed by atoms with E-state index in [9.17, 15) is 13.2 Å². The van der Waals surface area contributed by atoms with Gasteiger partial charge in [-0.05, 0) is 48.9 Å². The van der Waals surface area contributed by atoms with Crippen LogP contribution in [0.3, 0.4) is 0 Å². The second kappa shape index (κ2) is 8.12. The molecule has 9 heteroatoms. The Morgan fingerprint density at radius 2 is 1.93 bits per heavy atom. The van der Waals surface area contributed by atoms with Crippen LogP contribution in [-0.2, 0) is 9.84 Å². The molecular weight excluding hydrogens is 426 g/mol. The van der Waals surface area contributed by atoms with Gasteiger partial charge in [0, 0.05) is 23.7 Å². The van der Waals surface area contributed by atoms with Crippen LogP contribution in [0.5, 0.6) is 5.75 Å². The zero-order valence-electron chi connectivity index (χ0n) is 16.2. The number of aromatic nitrogens is 2. The number of benzene rings is 2. The number of H-pyrrole nitrogens is 1. The molecule has 2 heterocycles. The van der Waals surface area contributed by atoms with Crippen molar-refractivity contribution in [3.8, 4) is 17.0 Å². The maximum absolute atomic E-state index is 12.9. The third-order valence-electron chi connectivity index (χ3n) is 5.20. The first-order valence-electron chi connectivity index (χ1n) is 9.37. The summed E-state index contributed by atoms with van der Waals surface area (Å²) in [5.41, 5.74) is 1.65. The summed E-state index contributed by atoms with van der Waals surface area (Å²) >= 11 is 5.85. The number of hydrogen-bond acceptors (Lipinski definition) is 5. The minimum absolute atomic E-state index is 0.132. The van der Waals surface area contributed by atoms with Crippen molar-refractivity contribution in [3.63, 3.8) is 0 Å². The van der Waals surface area contributed by atoms with Gasteiger partial charge >= 0.3 is 0 Å². The third-order valence-corrected chi connectivity index (χ3v) is 7.65. The molecule has 1 aromatic heterocycles. The minimum atomic E-state index is -3.55. The molecule has 156 valence electrons. The number of aromatic amines is 1. The Morgan fingerprint density at radius 3 is 2.67 bits per heavy atom. The third kappa shape index (κ3) is 3.80. The van der Waals surface area contributed by atoms with Crippen LogP contribution in [0.1, 0.15) is 16.9 Å². The van der Waals surface area contributed by atoms with Crippen molar-refractivity contribution < 1.29 is 17.9 Å². The Hall–Kier alpha value is -2.84. The Morgan fingerprint density at radius 1 is 1.20 bits per heavy atom. The lowest BCUT2D eigenvalue weighted by atomic mass is 10.1. The molecule has 0 aliphatic carbocycles. The summed E-state index contributed by atoms with van der Waals surface area (Å²) in [6.07, 6.45) is 0.379. The van der Waals surface area contributed by atoms with Crippen molar-refractivity contribution in [2.24, 2.45) is 0 Å². The summed E-state index contributed by atoms with van der Waals surface area (Å²) in [6.45, 7) is 0.492. The molecule has 0 unspecified atom stereocenters. The van der Waals surface area contributed by atoms with Gasteiger partial charge in [-0.25, -0.2) is 8.42 Å². The highest BCUT2D eigenvalue weighted by molar-refractivity contribution is 7.92. The molecule has 0 radical (unpaired) electrons. The molecule has 1 atom stereocenters. The molecule has 1 aliphatic rings. The average molecular weight is 446 g/mol. The average Bonchev–Trinajstić information content (AvgIpc) is 3.44. The number of carbonyl (C=O) groups is 1. The van der Waals surface area contributed by atoms with Gasteiger partial charge < -0.3 is 9.64 Å². The van der Waals surface area contributed by atoms with E-state index < -0.39 is 15.1 Å². The van der Waals surface area contributed by atoms with Crippen LogP contribution in [0.4, 0.5) is 0 Å². The standard InChI is InChI=1S/C21H20ClN3O4S/c1-29-20-5-3-2-4-17(20)18-12-19(24-23-18)21(26)25-11-10-16(13-25)30(27,28)15-8-6-14(22)7-9-15/h2-9,12,16H,10-11,13H2,1H3,(H,23,24)/t16-/m1/s1. The van der Waals surface area contributed by atoms with Gasteiger partial charge in [-0.15, -0.1) is 0 Å². The summed E-state index contributed by atoms with van der Waals surface area (Å²) in [5.74, 6) is 0.371. The SMILES string of the molecule is COc1ccccc1-c1cc(C(=O)N2CC[C@@H](S(=O)(=O)c3ccc(Cl)cc3)C2)[nH]n1. The summed E-state index contributed by atoms with van der Waals surface area (Å²) in [7, 11) is -1.97. The van der Waals surface area contributed by atoms with Crippen LogP contribution in [0.2, 0.25) is 5.02 Å². The lowest BCUT2D eigenvalue weighted by Gasteiger charge is -2.16. The first-order valence-corrected chi connectivity index (χ1v) is 11.3. The highest BCUT2D eigenvalue weighted by Crippen LogP contribution is 2.29. The quantitative estimate of drug-likeness (QED) is 0.649. The number of ether oxygens (including phenoxy) is 1. The minimum Gasteiger partial charge on any atom is -0.496 e. The number of hydrogen-bond donors (Lipinski definition) is 1. The smallest absolute Gasteiger partial charge is 0.271 e. The summed E-state index contributed by atoms with van der Waals surface area (Å²) < 4.78 is 31.1. The van der Waals surface area contributed by atoms with Crippen LogP contribution in [0.25, 0.3) is 11.3 Å². The van der Waals surface area contributed by atoms with Crippen LogP contribution < -0.4 is 4.74 Å². The predicted octanol–water partition coefficient (Wildman–Crippen LogP) is 3.43. The van der Waals surface area contributed by atoms with Gasteiger partial charge in [-0.1, -0.05) is 23.7 Å². The van der Waals surface area contributed by atoms with Gasteiger partial charge in [0.05, 0.1) is 22.9 Å². The second-order valence-electron chi connectivity index (χ2n) is 7.03. The highest BCUT2D eigenvalue weighted by Gasteiger charge is 2.36. The fourth-order valence-electron chi connectivity index (χ4n) is 3.58. The molecule has 2 aromatic carbocycles. The van der Waals surface area contributed by atoms with Gasteiger partial charge in [0.2, 0.25) is 0 Å². The Kier molecular flexibility index (Phi) is 5.53. The second-order valence-corrected chi connectivity index (χ2v) is 9.69. The number of carbonyl (C=O) groups excluding carboxylic acids is 1. The molecule has 30 heavy (non-hydrogen) atoms. The molecule has 1 saturated heterocycles. The van der Waals surface area contributed by atoms with E-state index in [-0.39, 0.29) is 17.3 Å². The van der Waals surface area contributed by atoms with E-state index in [4.69, 9.17) is 16.3 Å². The van der Waals surface area contributed by atoms with Crippen LogP contribution in [0, 0.1) is 0 Å². The van der Waals surface area contributed by atoms with Gasteiger partial charge in [-0.3, -0.25) is 9.89 Å². The molecule has 1 N–H and O–H groups in total. The molecule has 0 bridgehead atoms. The van der Waals surface area contributed by atoms with E-state index >= 15 is 0 Å². The van der Waals surface area contributed by atoms with Crippen molar-refractivity contribution in [1.82, 2.24) is 15.1 Å². The lowest BCUT2D eigenvalue weighted by Crippen LogP contribution is -2.32. The molecule has 0 spiro atoms. The number of nitrogens with one attached hydrogen (secondary N) is 1. The summed E-state index contributed by atoms with van der Waals surface area (Å²) in [5, 5.41) is 6.81. The predicted molar refractivity (Wildman–Crippen MR) is 114 cm³/mol. The number of halogens is 1. The zero-order valence-corrected chi connectivity index (χ0v) is 17.8. The fraction of sp³-hybridized carbons (Fsp3) is 0.238. The lowest BCUT2D eigenvalue weighted by molar-refractivity contribution is 0.0787. The summed E-state index contributed by atoms with van der Waals surface area (Å²) in [6, 6.07) is 15.1. The first kappa shape index (κ1) is 20.4. The largest absolute Gasteiger partial charge is 0.496 e. The van der Waals surface area contributed by atoms with Crippen molar-refractivity contribution in [2.75, 3.05) is 20.2 Å². The fourth-order valence-corrected chi connectivity index (χ4v) is 5.40. The number of methoxy groups -OCH3 is 1. The van der Waals surface area contributed by atoms with Crippen molar-refractivity contribution in [2.45, 2.75) is 16.6 Å². The van der Waals surface area contributed by atoms with Crippen molar-refractivity contribution >= 4 is 27.3 Å². The van der Waals surface area contributed by atoms with Crippen LogP contribution in [0.15, 0.2) is 59.5 Å². The van der Waals surface area contributed by atoms with Crippen LogP contribution in [-0.4, -0.2) is 54.9 Å². The van der Waals surface area contributed by atoms with E-state index in [1.54, 1.807) is 25.3 Å². The molecule has 1 aliphatic heterocycles. The maximum Gasteiger partial charge on any atom is 0.271 e.